The van der Waals surface area contributed by atoms with E-state index in [-0.39, 0.29) is 5.78 Å². The predicted molar refractivity (Wildman–Crippen MR) is 133 cm³/mol. The highest BCUT2D eigenvalue weighted by atomic mass is 16.1. The Morgan fingerprint density at radius 3 is 1.19 bits per heavy atom. The van der Waals surface area contributed by atoms with E-state index in [1.54, 1.807) is 0 Å². The molecule has 0 atom stereocenters. The van der Waals surface area contributed by atoms with E-state index in [1.165, 1.54) is 10.8 Å². The number of aryl methyl sites for hydroxylation is 2. The molecule has 0 saturated carbocycles. The van der Waals surface area contributed by atoms with Crippen LogP contribution in [0.5, 0.6) is 0 Å². The van der Waals surface area contributed by atoms with Crippen molar-refractivity contribution in [3.63, 3.8) is 0 Å². The molecule has 6 rings (SSSR count). The SMILES string of the molecule is Cc1ccccc1C1=c2c(c3ccccc3c3ccccc23)=C(c2ccccc2C)C1=O. The second-order valence-corrected chi connectivity index (χ2v) is 8.55. The Labute approximate surface area is 187 Å². The van der Waals surface area contributed by atoms with Gasteiger partial charge in [0.25, 0.3) is 0 Å². The fourth-order valence-corrected chi connectivity index (χ4v) is 5.23. The minimum atomic E-state index is 0.116. The van der Waals surface area contributed by atoms with E-state index in [0.29, 0.717) is 0 Å². The third kappa shape index (κ3) is 2.55. The summed E-state index contributed by atoms with van der Waals surface area (Å²) in [5.74, 6) is 0.116. The molecule has 0 N–H and O–H groups in total. The van der Waals surface area contributed by atoms with Crippen LogP contribution in [0, 0.1) is 13.8 Å². The normalized spacial score (nSPS) is 13.2. The van der Waals surface area contributed by atoms with Crippen LogP contribution in [-0.4, -0.2) is 5.78 Å². The molecule has 0 aromatic heterocycles. The Morgan fingerprint density at radius 2 is 0.781 bits per heavy atom. The van der Waals surface area contributed by atoms with E-state index in [2.05, 4.69) is 86.6 Å². The van der Waals surface area contributed by atoms with Crippen molar-refractivity contribution in [3.8, 4) is 0 Å². The molecule has 32 heavy (non-hydrogen) atoms. The molecule has 5 aromatic carbocycles. The molecule has 0 aliphatic heterocycles. The van der Waals surface area contributed by atoms with Crippen LogP contribution in [0.15, 0.2) is 97.1 Å². The molecule has 0 heterocycles. The van der Waals surface area contributed by atoms with Gasteiger partial charge in [-0.2, -0.15) is 0 Å². The standard InChI is InChI=1S/C31H22O/c1-19-11-3-5-13-21(19)29-27-25-17-9-7-15-23(25)24-16-8-10-18-26(24)28(27)30(31(29)32)22-14-6-4-12-20(22)2/h3-18H,1-2H3. The lowest BCUT2D eigenvalue weighted by atomic mass is 9.92. The number of benzene rings is 5. The Hall–Kier alpha value is -3.97. The van der Waals surface area contributed by atoms with E-state index < -0.39 is 0 Å². The smallest absolute Gasteiger partial charge is 0.195 e. The topological polar surface area (TPSA) is 17.1 Å². The number of carbonyl (C=O) groups excluding carboxylic acids is 1. The van der Waals surface area contributed by atoms with Gasteiger partial charge in [0.2, 0.25) is 0 Å². The summed E-state index contributed by atoms with van der Waals surface area (Å²) < 4.78 is 0. The molecule has 1 aliphatic rings. The molecule has 0 spiro atoms. The summed E-state index contributed by atoms with van der Waals surface area (Å²) in [6.07, 6.45) is 0. The van der Waals surface area contributed by atoms with Crippen LogP contribution in [0.4, 0.5) is 0 Å². The lowest BCUT2D eigenvalue weighted by molar-refractivity contribution is -0.108. The first-order valence-corrected chi connectivity index (χ1v) is 11.0. The van der Waals surface area contributed by atoms with Gasteiger partial charge >= 0.3 is 0 Å². The average Bonchev–Trinajstić information content (AvgIpc) is 3.13. The summed E-state index contributed by atoms with van der Waals surface area (Å²) in [6, 6.07) is 33.4. The summed E-state index contributed by atoms with van der Waals surface area (Å²) in [7, 11) is 0. The number of hydrogen-bond donors (Lipinski definition) is 0. The number of hydrogen-bond acceptors (Lipinski definition) is 1. The number of ketones is 1. The predicted octanol–water partition coefficient (Wildman–Crippen LogP) is 5.59. The van der Waals surface area contributed by atoms with Crippen LogP contribution in [0.25, 0.3) is 32.7 Å². The summed E-state index contributed by atoms with van der Waals surface area (Å²) in [5, 5.41) is 6.78. The van der Waals surface area contributed by atoms with Crippen molar-refractivity contribution >= 4 is 38.5 Å². The van der Waals surface area contributed by atoms with Gasteiger partial charge in [0.15, 0.2) is 5.78 Å². The van der Waals surface area contributed by atoms with Crippen molar-refractivity contribution in [1.29, 1.82) is 0 Å². The summed E-state index contributed by atoms with van der Waals surface area (Å²) in [4.78, 5) is 14.3. The maximum absolute atomic E-state index is 14.3. The maximum Gasteiger partial charge on any atom is 0.195 e. The van der Waals surface area contributed by atoms with Crippen LogP contribution in [0.3, 0.4) is 0 Å². The van der Waals surface area contributed by atoms with Gasteiger partial charge in [-0.3, -0.25) is 4.79 Å². The highest BCUT2D eigenvalue weighted by Crippen LogP contribution is 2.31. The number of carbonyl (C=O) groups is 1. The van der Waals surface area contributed by atoms with Crippen LogP contribution < -0.4 is 10.4 Å². The van der Waals surface area contributed by atoms with Crippen LogP contribution >= 0.6 is 0 Å². The Bertz CT molecular complexity index is 1580. The van der Waals surface area contributed by atoms with Crippen molar-refractivity contribution < 1.29 is 4.79 Å². The van der Waals surface area contributed by atoms with Crippen LogP contribution in [0.1, 0.15) is 22.3 Å². The molecule has 5 aromatic rings. The van der Waals surface area contributed by atoms with E-state index in [9.17, 15) is 4.79 Å². The molecule has 0 unspecified atom stereocenters. The fourth-order valence-electron chi connectivity index (χ4n) is 5.23. The first-order valence-electron chi connectivity index (χ1n) is 11.0. The largest absolute Gasteiger partial charge is 0.289 e. The lowest BCUT2D eigenvalue weighted by Crippen LogP contribution is -2.27. The van der Waals surface area contributed by atoms with Gasteiger partial charge in [-0.1, -0.05) is 97.1 Å². The lowest BCUT2D eigenvalue weighted by Gasteiger charge is -2.10. The maximum atomic E-state index is 14.3. The van der Waals surface area contributed by atoms with Crippen molar-refractivity contribution in [3.05, 3.63) is 130 Å². The Kier molecular flexibility index (Phi) is 4.13. The molecule has 0 radical (unpaired) electrons. The third-order valence-electron chi connectivity index (χ3n) is 6.72. The van der Waals surface area contributed by atoms with Crippen LogP contribution in [-0.2, 0) is 4.79 Å². The van der Waals surface area contributed by atoms with Gasteiger partial charge in [-0.15, -0.1) is 0 Å². The number of rotatable bonds is 2. The zero-order valence-corrected chi connectivity index (χ0v) is 18.1. The molecule has 0 saturated heterocycles. The monoisotopic (exact) mass is 410 g/mol. The molecule has 1 heteroatoms. The fraction of sp³-hybridized carbons (Fsp3) is 0.0645. The number of Topliss-reactive ketones (excluding diaryl/α,β-unsaturated/α-hetero) is 1. The molecule has 1 nitrogen and oxygen atoms in total. The molecule has 152 valence electrons. The second kappa shape index (κ2) is 7.03. The minimum Gasteiger partial charge on any atom is -0.289 e. The van der Waals surface area contributed by atoms with E-state index >= 15 is 0 Å². The first-order chi connectivity index (χ1) is 15.7. The summed E-state index contributed by atoms with van der Waals surface area (Å²) in [6.45, 7) is 4.18. The molecular formula is C31H22O. The van der Waals surface area contributed by atoms with Crippen LogP contribution in [0.2, 0.25) is 0 Å². The van der Waals surface area contributed by atoms with Gasteiger partial charge in [-0.25, -0.2) is 0 Å². The minimum absolute atomic E-state index is 0.116. The Balaban J connectivity index is 1.98. The third-order valence-corrected chi connectivity index (χ3v) is 6.72. The molecular weight excluding hydrogens is 388 g/mol. The average molecular weight is 411 g/mol. The van der Waals surface area contributed by atoms with Gasteiger partial charge < -0.3 is 0 Å². The second-order valence-electron chi connectivity index (χ2n) is 8.55. The van der Waals surface area contributed by atoms with Crippen molar-refractivity contribution in [2.45, 2.75) is 13.8 Å². The van der Waals surface area contributed by atoms with Gasteiger partial charge in [0.05, 0.1) is 0 Å². The highest BCUT2D eigenvalue weighted by Gasteiger charge is 2.29. The number of fused-ring (bicyclic) bond motifs is 6. The molecule has 0 fully saturated rings. The summed E-state index contributed by atoms with van der Waals surface area (Å²) >= 11 is 0. The first kappa shape index (κ1) is 18.8. The van der Waals surface area contributed by atoms with E-state index in [0.717, 1.165) is 54.6 Å². The summed E-state index contributed by atoms with van der Waals surface area (Å²) in [5.41, 5.74) is 5.90. The quantitative estimate of drug-likeness (QED) is 0.347. The Morgan fingerprint density at radius 1 is 0.438 bits per heavy atom. The zero-order valence-electron chi connectivity index (χ0n) is 18.1. The molecule has 0 amide bonds. The van der Waals surface area contributed by atoms with Gasteiger partial charge in [0, 0.05) is 21.6 Å². The molecule has 1 aliphatic carbocycles. The van der Waals surface area contributed by atoms with Gasteiger partial charge in [0.1, 0.15) is 0 Å². The zero-order chi connectivity index (χ0) is 21.8. The highest BCUT2D eigenvalue weighted by molar-refractivity contribution is 6.45. The van der Waals surface area contributed by atoms with Crippen molar-refractivity contribution in [2.75, 3.05) is 0 Å². The molecule has 0 bridgehead atoms. The van der Waals surface area contributed by atoms with E-state index in [1.807, 2.05) is 24.3 Å². The van der Waals surface area contributed by atoms with Crippen molar-refractivity contribution in [2.24, 2.45) is 0 Å². The van der Waals surface area contributed by atoms with Gasteiger partial charge in [-0.05, 0) is 57.6 Å². The van der Waals surface area contributed by atoms with Crippen molar-refractivity contribution in [1.82, 2.24) is 0 Å². The van der Waals surface area contributed by atoms with E-state index in [4.69, 9.17) is 0 Å².